The average molecular weight is 457 g/mol. The third-order valence-corrected chi connectivity index (χ3v) is 4.87. The van der Waals surface area contributed by atoms with E-state index in [0.29, 0.717) is 11.5 Å². The van der Waals surface area contributed by atoms with Crippen molar-refractivity contribution in [3.63, 3.8) is 0 Å². The van der Waals surface area contributed by atoms with Crippen LogP contribution in [0, 0.1) is 6.92 Å². The van der Waals surface area contributed by atoms with E-state index in [4.69, 9.17) is 8.83 Å². The van der Waals surface area contributed by atoms with E-state index < -0.39 is 28.8 Å². The Morgan fingerprint density at radius 2 is 1.64 bits per heavy atom. The first-order chi connectivity index (χ1) is 15.7. The van der Waals surface area contributed by atoms with Crippen LogP contribution < -0.4 is 5.43 Å². The van der Waals surface area contributed by atoms with Gasteiger partial charge in [-0.15, -0.1) is 0 Å². The van der Waals surface area contributed by atoms with Gasteiger partial charge in [-0.1, -0.05) is 6.07 Å². The Hall–Kier alpha value is -4.08. The highest BCUT2D eigenvalue weighted by atomic mass is 19.4. The summed E-state index contributed by atoms with van der Waals surface area (Å²) in [6.07, 6.45) is -1.64. The molecular formula is C23H18F3N3O4. The summed E-state index contributed by atoms with van der Waals surface area (Å²) in [5, 5.41) is 4.13. The van der Waals surface area contributed by atoms with Gasteiger partial charge in [-0.05, 0) is 49.4 Å². The van der Waals surface area contributed by atoms with E-state index in [1.54, 1.807) is 24.3 Å². The molecule has 0 saturated carbocycles. The van der Waals surface area contributed by atoms with Crippen molar-refractivity contribution < 1.29 is 26.8 Å². The van der Waals surface area contributed by atoms with Crippen LogP contribution in [0.25, 0.3) is 5.69 Å². The van der Waals surface area contributed by atoms with Crippen LogP contribution in [-0.2, 0) is 19.3 Å². The van der Waals surface area contributed by atoms with E-state index in [9.17, 15) is 22.8 Å². The number of amides is 1. The predicted molar refractivity (Wildman–Crippen MR) is 111 cm³/mol. The molecular weight excluding hydrogens is 439 g/mol. The highest BCUT2D eigenvalue weighted by Crippen LogP contribution is 2.30. The molecule has 1 amide bonds. The molecule has 0 unspecified atom stereocenters. The van der Waals surface area contributed by atoms with Gasteiger partial charge < -0.3 is 13.7 Å². The van der Waals surface area contributed by atoms with Crippen LogP contribution in [0.2, 0.25) is 0 Å². The number of carbonyl (C=O) groups excluding carboxylic acids is 1. The van der Waals surface area contributed by atoms with Crippen molar-refractivity contribution in [2.24, 2.45) is 0 Å². The molecule has 0 fully saturated rings. The molecule has 0 bridgehead atoms. The Labute approximate surface area is 185 Å². The van der Waals surface area contributed by atoms with Gasteiger partial charge in [-0.3, -0.25) is 9.59 Å². The molecule has 170 valence electrons. The zero-order valence-corrected chi connectivity index (χ0v) is 17.4. The van der Waals surface area contributed by atoms with Crippen LogP contribution in [0.5, 0.6) is 0 Å². The summed E-state index contributed by atoms with van der Waals surface area (Å²) in [4.78, 5) is 27.3. The predicted octanol–water partition coefficient (Wildman–Crippen LogP) is 4.59. The second kappa shape index (κ2) is 8.81. The lowest BCUT2D eigenvalue weighted by Crippen LogP contribution is -2.35. The number of aromatic nitrogens is 2. The van der Waals surface area contributed by atoms with Crippen molar-refractivity contribution in [2.45, 2.75) is 26.2 Å². The molecule has 10 heteroatoms. The highest BCUT2D eigenvalue weighted by Gasteiger charge is 2.31. The molecule has 0 saturated heterocycles. The van der Waals surface area contributed by atoms with Crippen molar-refractivity contribution in [1.82, 2.24) is 14.7 Å². The first-order valence-corrected chi connectivity index (χ1v) is 9.85. The van der Waals surface area contributed by atoms with Gasteiger partial charge in [0.05, 0.1) is 36.9 Å². The standard InChI is InChI=1S/C23H18F3N3O4/c1-15-11-20(30)21(27-29(15)17-6-2-5-16(12-17)23(24,25)26)22(31)28(13-18-7-3-9-32-18)14-19-8-4-10-33-19/h2-12H,13-14H2,1H3. The van der Waals surface area contributed by atoms with E-state index >= 15 is 0 Å². The molecule has 0 aliphatic heterocycles. The van der Waals surface area contributed by atoms with Crippen molar-refractivity contribution in [3.05, 3.63) is 106 Å². The van der Waals surface area contributed by atoms with E-state index in [-0.39, 0.29) is 24.5 Å². The summed E-state index contributed by atoms with van der Waals surface area (Å²) in [5.41, 5.74) is -1.61. The third kappa shape index (κ3) is 4.89. The molecule has 33 heavy (non-hydrogen) atoms. The van der Waals surface area contributed by atoms with E-state index in [2.05, 4.69) is 5.10 Å². The fourth-order valence-electron chi connectivity index (χ4n) is 3.30. The highest BCUT2D eigenvalue weighted by molar-refractivity contribution is 5.92. The summed E-state index contributed by atoms with van der Waals surface area (Å²) < 4.78 is 51.3. The van der Waals surface area contributed by atoms with Crippen LogP contribution in [0.4, 0.5) is 13.2 Å². The van der Waals surface area contributed by atoms with E-state index in [0.717, 1.165) is 16.8 Å². The van der Waals surface area contributed by atoms with E-state index in [1.165, 1.54) is 42.5 Å². The number of alkyl halides is 3. The molecule has 0 atom stereocenters. The minimum atomic E-state index is -4.55. The minimum Gasteiger partial charge on any atom is -0.467 e. The van der Waals surface area contributed by atoms with Crippen molar-refractivity contribution in [2.75, 3.05) is 0 Å². The van der Waals surface area contributed by atoms with Crippen molar-refractivity contribution >= 4 is 5.91 Å². The summed E-state index contributed by atoms with van der Waals surface area (Å²) in [7, 11) is 0. The summed E-state index contributed by atoms with van der Waals surface area (Å²) in [6.45, 7) is 1.59. The largest absolute Gasteiger partial charge is 0.467 e. The number of hydrogen-bond donors (Lipinski definition) is 0. The quantitative estimate of drug-likeness (QED) is 0.423. The number of rotatable bonds is 6. The molecule has 1 aromatic carbocycles. The van der Waals surface area contributed by atoms with Gasteiger partial charge in [0.1, 0.15) is 11.5 Å². The normalized spacial score (nSPS) is 11.5. The van der Waals surface area contributed by atoms with Gasteiger partial charge in [-0.25, -0.2) is 4.68 Å². The maximum atomic E-state index is 13.3. The van der Waals surface area contributed by atoms with Crippen LogP contribution in [-0.4, -0.2) is 20.6 Å². The molecule has 0 aliphatic rings. The Morgan fingerprint density at radius 3 is 2.18 bits per heavy atom. The summed E-state index contributed by atoms with van der Waals surface area (Å²) >= 11 is 0. The number of hydrogen-bond acceptors (Lipinski definition) is 5. The fourth-order valence-corrected chi connectivity index (χ4v) is 3.30. The van der Waals surface area contributed by atoms with Gasteiger partial charge in [0.25, 0.3) is 5.91 Å². The van der Waals surface area contributed by atoms with E-state index in [1.807, 2.05) is 0 Å². The first kappa shape index (κ1) is 22.1. The number of halogens is 3. The van der Waals surface area contributed by atoms with Gasteiger partial charge in [-0.2, -0.15) is 18.3 Å². The fraction of sp³-hybridized carbons (Fsp3) is 0.174. The Kier molecular flexibility index (Phi) is 5.91. The number of nitrogens with zero attached hydrogens (tertiary/aromatic N) is 3. The van der Waals surface area contributed by atoms with Crippen LogP contribution >= 0.6 is 0 Å². The Morgan fingerprint density at radius 1 is 1.00 bits per heavy atom. The lowest BCUT2D eigenvalue weighted by molar-refractivity contribution is -0.137. The molecule has 3 heterocycles. The maximum Gasteiger partial charge on any atom is 0.416 e. The zero-order valence-electron chi connectivity index (χ0n) is 17.4. The van der Waals surface area contributed by atoms with Crippen LogP contribution in [0.15, 0.2) is 80.8 Å². The number of benzene rings is 1. The molecule has 4 rings (SSSR count). The van der Waals surface area contributed by atoms with Crippen LogP contribution in [0.1, 0.15) is 33.3 Å². The van der Waals surface area contributed by atoms with Gasteiger partial charge in [0.2, 0.25) is 5.43 Å². The van der Waals surface area contributed by atoms with Gasteiger partial charge in [0, 0.05) is 11.8 Å². The van der Waals surface area contributed by atoms with Gasteiger partial charge in [0.15, 0.2) is 5.69 Å². The second-order valence-corrected chi connectivity index (χ2v) is 7.28. The average Bonchev–Trinajstić information content (AvgIpc) is 3.47. The molecule has 0 N–H and O–H groups in total. The SMILES string of the molecule is Cc1cc(=O)c(C(=O)N(Cc2ccco2)Cc2ccco2)nn1-c1cccc(C(F)(F)F)c1. The Bertz CT molecular complexity index is 1270. The molecule has 0 spiro atoms. The maximum absolute atomic E-state index is 13.3. The number of aryl methyl sites for hydroxylation is 1. The monoisotopic (exact) mass is 457 g/mol. The zero-order chi connectivity index (χ0) is 23.6. The lowest BCUT2D eigenvalue weighted by atomic mass is 10.2. The number of furan rings is 2. The molecule has 4 aromatic rings. The Balaban J connectivity index is 1.74. The van der Waals surface area contributed by atoms with Crippen LogP contribution in [0.3, 0.4) is 0 Å². The number of carbonyl (C=O) groups is 1. The minimum absolute atomic E-state index is 0.0328. The van der Waals surface area contributed by atoms with Crippen molar-refractivity contribution in [3.8, 4) is 5.69 Å². The first-order valence-electron chi connectivity index (χ1n) is 9.85. The molecule has 3 aromatic heterocycles. The lowest BCUT2D eigenvalue weighted by Gasteiger charge is -2.21. The molecule has 0 aliphatic carbocycles. The van der Waals surface area contributed by atoms with Gasteiger partial charge >= 0.3 is 6.18 Å². The summed E-state index contributed by atoms with van der Waals surface area (Å²) in [5.74, 6) is 0.231. The van der Waals surface area contributed by atoms with Crippen molar-refractivity contribution in [1.29, 1.82) is 0 Å². The molecule has 0 radical (unpaired) electrons. The topological polar surface area (TPSA) is 81.5 Å². The summed E-state index contributed by atoms with van der Waals surface area (Å²) in [6, 6.07) is 12.3. The second-order valence-electron chi connectivity index (χ2n) is 7.28. The smallest absolute Gasteiger partial charge is 0.416 e. The third-order valence-electron chi connectivity index (χ3n) is 4.87. The molecule has 7 nitrogen and oxygen atoms in total.